The van der Waals surface area contributed by atoms with Crippen molar-refractivity contribution in [1.29, 1.82) is 0 Å². The summed E-state index contributed by atoms with van der Waals surface area (Å²) in [5, 5.41) is 4.75. The lowest BCUT2D eigenvalue weighted by Gasteiger charge is -2.20. The average molecular weight is 317 g/mol. The van der Waals surface area contributed by atoms with Crippen molar-refractivity contribution in [2.45, 2.75) is 17.4 Å². The molecule has 0 aromatic heterocycles. The second-order valence-corrected chi connectivity index (χ2v) is 5.80. The predicted molar refractivity (Wildman–Crippen MR) is 90.8 cm³/mol. The highest BCUT2D eigenvalue weighted by atomic mass is 32.2. The zero-order valence-corrected chi connectivity index (χ0v) is 13.4. The van der Waals surface area contributed by atoms with Gasteiger partial charge in [0.15, 0.2) is 0 Å². The summed E-state index contributed by atoms with van der Waals surface area (Å²) < 4.78 is 19.8. The van der Waals surface area contributed by atoms with Crippen molar-refractivity contribution in [3.63, 3.8) is 0 Å². The molecule has 0 bridgehead atoms. The van der Waals surface area contributed by atoms with Gasteiger partial charge in [-0.15, -0.1) is 0 Å². The Bertz CT molecular complexity index is 603. The Morgan fingerprint density at radius 2 is 2.05 bits per heavy atom. The normalized spacial score (nSPS) is 11.9. The summed E-state index contributed by atoms with van der Waals surface area (Å²) in [5.74, 6) is 0.402. The van der Waals surface area contributed by atoms with Crippen LogP contribution in [0, 0.1) is 5.82 Å². The first kappa shape index (κ1) is 16.6. The van der Waals surface area contributed by atoms with Crippen LogP contribution in [0.5, 0.6) is 5.75 Å². The quantitative estimate of drug-likeness (QED) is 0.707. The molecule has 0 heterocycles. The van der Waals surface area contributed by atoms with E-state index in [9.17, 15) is 4.39 Å². The number of nitrogens with one attached hydrogen (secondary N) is 1. The van der Waals surface area contributed by atoms with E-state index in [1.165, 1.54) is 17.8 Å². The summed E-state index contributed by atoms with van der Waals surface area (Å²) in [5.41, 5.74) is 1.11. The van der Waals surface area contributed by atoms with Gasteiger partial charge in [0, 0.05) is 6.42 Å². The first-order valence-electron chi connectivity index (χ1n) is 7.18. The second-order valence-electron chi connectivity index (χ2n) is 4.79. The van der Waals surface area contributed by atoms with E-state index >= 15 is 0 Å². The lowest BCUT2D eigenvalue weighted by Crippen LogP contribution is -2.16. The van der Waals surface area contributed by atoms with Gasteiger partial charge in [-0.25, -0.2) is 4.39 Å². The third kappa shape index (κ3) is 4.61. The van der Waals surface area contributed by atoms with Crippen LogP contribution in [0.15, 0.2) is 65.4 Å². The van der Waals surface area contributed by atoms with E-state index in [1.807, 2.05) is 37.4 Å². The summed E-state index contributed by atoms with van der Waals surface area (Å²) in [6, 6.07) is 14.9. The summed E-state index contributed by atoms with van der Waals surface area (Å²) in [7, 11) is 1.92. The van der Waals surface area contributed by atoms with Gasteiger partial charge in [-0.3, -0.25) is 0 Å². The van der Waals surface area contributed by atoms with Crippen molar-refractivity contribution < 1.29 is 9.13 Å². The third-order valence-electron chi connectivity index (χ3n) is 3.22. The maximum Gasteiger partial charge on any atom is 0.137 e. The minimum absolute atomic E-state index is 0.0688. The molecule has 22 heavy (non-hydrogen) atoms. The van der Waals surface area contributed by atoms with E-state index in [1.54, 1.807) is 17.5 Å². The molecule has 4 heteroatoms. The fourth-order valence-electron chi connectivity index (χ4n) is 2.14. The Labute approximate surface area is 135 Å². The minimum Gasteiger partial charge on any atom is -0.486 e. The lowest BCUT2D eigenvalue weighted by molar-refractivity contribution is 0.194. The smallest absolute Gasteiger partial charge is 0.137 e. The molecule has 2 nitrogen and oxygen atoms in total. The molecule has 1 unspecified atom stereocenters. The van der Waals surface area contributed by atoms with Gasteiger partial charge in [0.1, 0.15) is 17.7 Å². The van der Waals surface area contributed by atoms with Crippen LogP contribution < -0.4 is 10.1 Å². The number of halogens is 1. The van der Waals surface area contributed by atoms with Crippen LogP contribution in [0.3, 0.4) is 0 Å². The van der Waals surface area contributed by atoms with Gasteiger partial charge in [0.25, 0.3) is 0 Å². The van der Waals surface area contributed by atoms with Gasteiger partial charge >= 0.3 is 0 Å². The van der Waals surface area contributed by atoms with E-state index in [2.05, 4.69) is 11.9 Å². The first-order valence-corrected chi connectivity index (χ1v) is 8.06. The number of rotatable bonds is 8. The topological polar surface area (TPSA) is 21.3 Å². The van der Waals surface area contributed by atoms with Crippen molar-refractivity contribution in [1.82, 2.24) is 5.32 Å². The van der Waals surface area contributed by atoms with Crippen molar-refractivity contribution in [2.24, 2.45) is 0 Å². The largest absolute Gasteiger partial charge is 0.486 e. The standard InChI is InChI=1S/C18H20FNOS/c1-3-22-18-13-15(9-10-16(18)19)21-17(11-12-20-2)14-7-5-4-6-8-14/h3-10,13,17,20H,1,11-12H2,2H3. The molecule has 0 amide bonds. The molecule has 0 radical (unpaired) electrons. The average Bonchev–Trinajstić information content (AvgIpc) is 2.55. The first-order chi connectivity index (χ1) is 10.7. The number of hydrogen-bond acceptors (Lipinski definition) is 3. The zero-order valence-electron chi connectivity index (χ0n) is 12.6. The van der Waals surface area contributed by atoms with Crippen LogP contribution in [-0.4, -0.2) is 13.6 Å². The van der Waals surface area contributed by atoms with E-state index in [4.69, 9.17) is 4.74 Å². The third-order valence-corrected chi connectivity index (χ3v) is 3.95. The summed E-state index contributed by atoms with van der Waals surface area (Å²) in [4.78, 5) is 0.521. The maximum absolute atomic E-state index is 13.7. The Hall–Kier alpha value is -1.78. The van der Waals surface area contributed by atoms with Gasteiger partial charge in [0.2, 0.25) is 0 Å². The van der Waals surface area contributed by atoms with E-state index in [0.29, 0.717) is 10.6 Å². The van der Waals surface area contributed by atoms with Gasteiger partial charge in [-0.2, -0.15) is 0 Å². The number of ether oxygens (including phenoxy) is 1. The van der Waals surface area contributed by atoms with E-state index in [0.717, 1.165) is 18.5 Å². The van der Waals surface area contributed by atoms with Crippen molar-refractivity contribution in [3.8, 4) is 5.75 Å². The van der Waals surface area contributed by atoms with Crippen LogP contribution in [0.1, 0.15) is 18.1 Å². The zero-order chi connectivity index (χ0) is 15.8. The molecule has 0 aliphatic heterocycles. The fraction of sp³-hybridized carbons (Fsp3) is 0.222. The molecular formula is C18H20FNOS. The van der Waals surface area contributed by atoms with Crippen LogP contribution in [0.25, 0.3) is 0 Å². The monoisotopic (exact) mass is 317 g/mol. The highest BCUT2D eigenvalue weighted by Crippen LogP contribution is 2.30. The summed E-state index contributed by atoms with van der Waals surface area (Å²) in [6.07, 6.45) is 0.766. The lowest BCUT2D eigenvalue weighted by atomic mass is 10.1. The van der Waals surface area contributed by atoms with Gasteiger partial charge < -0.3 is 10.1 Å². The molecule has 0 aliphatic carbocycles. The van der Waals surface area contributed by atoms with Crippen LogP contribution >= 0.6 is 11.8 Å². The maximum atomic E-state index is 13.7. The SMILES string of the molecule is C=CSc1cc(OC(CCNC)c2ccccc2)ccc1F. The molecular weight excluding hydrogens is 297 g/mol. The van der Waals surface area contributed by atoms with Gasteiger partial charge in [-0.05, 0) is 42.8 Å². The number of thioether (sulfide) groups is 1. The Balaban J connectivity index is 2.19. The molecule has 116 valence electrons. The minimum atomic E-state index is -0.260. The molecule has 0 aliphatic rings. The molecule has 0 saturated carbocycles. The predicted octanol–water partition coefficient (Wildman–Crippen LogP) is 4.79. The number of hydrogen-bond donors (Lipinski definition) is 1. The Morgan fingerprint density at radius 1 is 1.27 bits per heavy atom. The molecule has 2 rings (SSSR count). The van der Waals surface area contributed by atoms with Crippen molar-refractivity contribution >= 4 is 11.8 Å². The van der Waals surface area contributed by atoms with Crippen LogP contribution in [0.4, 0.5) is 4.39 Å². The molecule has 2 aromatic carbocycles. The fourth-order valence-corrected chi connectivity index (χ4v) is 2.68. The molecule has 0 fully saturated rings. The number of benzene rings is 2. The second kappa shape index (κ2) is 8.61. The van der Waals surface area contributed by atoms with E-state index in [-0.39, 0.29) is 11.9 Å². The van der Waals surface area contributed by atoms with Crippen molar-refractivity contribution in [3.05, 3.63) is 71.9 Å². The highest BCUT2D eigenvalue weighted by molar-refractivity contribution is 8.02. The Kier molecular flexibility index (Phi) is 6.49. The molecule has 1 N–H and O–H groups in total. The molecule has 1 atom stereocenters. The molecule has 0 spiro atoms. The summed E-state index contributed by atoms with van der Waals surface area (Å²) in [6.45, 7) is 4.47. The molecule has 2 aromatic rings. The molecule has 0 saturated heterocycles. The van der Waals surface area contributed by atoms with Gasteiger partial charge in [-0.1, -0.05) is 48.7 Å². The highest BCUT2D eigenvalue weighted by Gasteiger charge is 2.14. The van der Waals surface area contributed by atoms with Gasteiger partial charge in [0.05, 0.1) is 4.90 Å². The van der Waals surface area contributed by atoms with Crippen molar-refractivity contribution in [2.75, 3.05) is 13.6 Å². The van der Waals surface area contributed by atoms with E-state index < -0.39 is 0 Å². The summed E-state index contributed by atoms with van der Waals surface area (Å²) >= 11 is 1.25. The Morgan fingerprint density at radius 3 is 2.73 bits per heavy atom. The van der Waals surface area contributed by atoms with Crippen LogP contribution in [-0.2, 0) is 0 Å². The van der Waals surface area contributed by atoms with Crippen LogP contribution in [0.2, 0.25) is 0 Å².